The van der Waals surface area contributed by atoms with Gasteiger partial charge in [0.15, 0.2) is 0 Å². The zero-order valence-electron chi connectivity index (χ0n) is 17.3. The lowest BCUT2D eigenvalue weighted by Crippen LogP contribution is -2.50. The maximum absolute atomic E-state index is 12.6. The van der Waals surface area contributed by atoms with Gasteiger partial charge in [0, 0.05) is 42.7 Å². The monoisotopic (exact) mass is 396 g/mol. The third-order valence-electron chi connectivity index (χ3n) is 6.59. The van der Waals surface area contributed by atoms with Gasteiger partial charge < -0.3 is 15.2 Å². The smallest absolute Gasteiger partial charge is 0.237 e. The lowest BCUT2D eigenvalue weighted by Gasteiger charge is -2.36. The van der Waals surface area contributed by atoms with Crippen molar-refractivity contribution in [3.63, 3.8) is 0 Å². The zero-order valence-corrected chi connectivity index (χ0v) is 17.3. The second-order valence-electron chi connectivity index (χ2n) is 8.42. The molecule has 2 aliphatic heterocycles. The van der Waals surface area contributed by atoms with Crippen molar-refractivity contribution >= 4 is 22.7 Å². The maximum atomic E-state index is 12.6. The number of amides is 2. The van der Waals surface area contributed by atoms with Gasteiger partial charge in [-0.05, 0) is 63.7 Å². The van der Waals surface area contributed by atoms with Crippen LogP contribution >= 0.6 is 0 Å². The van der Waals surface area contributed by atoms with E-state index in [9.17, 15) is 9.59 Å². The predicted molar refractivity (Wildman–Crippen MR) is 115 cm³/mol. The number of aromatic amines is 1. The standard InChI is InChI=1S/C23H32N4O2/c1-17(26-14-9-18(10-15-26)23(29)27-12-4-5-13-27)22(28)24-11-8-19-16-25-21-7-3-2-6-20(19)21/h2-3,6-7,16-18,25H,4-5,8-15H2,1H3,(H,24,28). The number of nitrogens with one attached hydrogen (secondary N) is 2. The molecule has 2 N–H and O–H groups in total. The van der Waals surface area contributed by atoms with Crippen LogP contribution in [0.4, 0.5) is 0 Å². The van der Waals surface area contributed by atoms with Crippen LogP contribution in [0.1, 0.15) is 38.2 Å². The first-order valence-corrected chi connectivity index (χ1v) is 11.0. The van der Waals surface area contributed by atoms with Crippen LogP contribution in [-0.4, -0.2) is 65.4 Å². The predicted octanol–water partition coefficient (Wildman–Crippen LogP) is 2.55. The van der Waals surface area contributed by atoms with Crippen LogP contribution in [0.15, 0.2) is 30.5 Å². The molecule has 0 aliphatic carbocycles. The fourth-order valence-corrected chi connectivity index (χ4v) is 4.70. The molecule has 0 bridgehead atoms. The Morgan fingerprint density at radius 2 is 1.86 bits per heavy atom. The average molecular weight is 397 g/mol. The largest absolute Gasteiger partial charge is 0.361 e. The third kappa shape index (κ3) is 4.47. The quantitative estimate of drug-likeness (QED) is 0.789. The van der Waals surface area contributed by atoms with Crippen LogP contribution in [0, 0.1) is 5.92 Å². The van der Waals surface area contributed by atoms with Crippen LogP contribution < -0.4 is 5.32 Å². The number of nitrogens with zero attached hydrogens (tertiary/aromatic N) is 2. The zero-order chi connectivity index (χ0) is 20.2. The molecule has 0 saturated carbocycles. The van der Waals surface area contributed by atoms with Gasteiger partial charge in [-0.15, -0.1) is 0 Å². The van der Waals surface area contributed by atoms with E-state index in [4.69, 9.17) is 0 Å². The molecule has 0 spiro atoms. The number of aromatic nitrogens is 1. The molecular formula is C23H32N4O2. The summed E-state index contributed by atoms with van der Waals surface area (Å²) in [5.74, 6) is 0.550. The van der Waals surface area contributed by atoms with Gasteiger partial charge in [-0.2, -0.15) is 0 Å². The fraction of sp³-hybridized carbons (Fsp3) is 0.565. The Morgan fingerprint density at radius 1 is 1.14 bits per heavy atom. The molecule has 1 unspecified atom stereocenters. The second kappa shape index (κ2) is 8.99. The summed E-state index contributed by atoms with van der Waals surface area (Å²) in [5, 5.41) is 4.31. The van der Waals surface area contributed by atoms with E-state index in [1.807, 2.05) is 30.2 Å². The van der Waals surface area contributed by atoms with Crippen LogP contribution in [-0.2, 0) is 16.0 Å². The number of carbonyl (C=O) groups is 2. The summed E-state index contributed by atoms with van der Waals surface area (Å²) in [6, 6.07) is 8.09. The average Bonchev–Trinajstić information content (AvgIpc) is 3.43. The Labute approximate surface area is 172 Å². The Bertz CT molecular complexity index is 847. The molecule has 0 radical (unpaired) electrons. The number of H-pyrrole nitrogens is 1. The number of hydrogen-bond acceptors (Lipinski definition) is 3. The highest BCUT2D eigenvalue weighted by Crippen LogP contribution is 2.23. The Kier molecular flexibility index (Phi) is 6.19. The normalized spacial score (nSPS) is 19.6. The van der Waals surface area contributed by atoms with Gasteiger partial charge in [0.1, 0.15) is 0 Å². The summed E-state index contributed by atoms with van der Waals surface area (Å²) in [5.41, 5.74) is 2.36. The van der Waals surface area contributed by atoms with Gasteiger partial charge in [-0.25, -0.2) is 0 Å². The number of para-hydroxylation sites is 1. The minimum absolute atomic E-state index is 0.0779. The maximum Gasteiger partial charge on any atom is 0.237 e. The molecule has 1 aromatic heterocycles. The molecule has 4 rings (SSSR count). The highest BCUT2D eigenvalue weighted by Gasteiger charge is 2.32. The number of fused-ring (bicyclic) bond motifs is 1. The van der Waals surface area contributed by atoms with Crippen LogP contribution in [0.5, 0.6) is 0 Å². The van der Waals surface area contributed by atoms with E-state index in [2.05, 4.69) is 27.3 Å². The lowest BCUT2D eigenvalue weighted by atomic mass is 9.94. The molecule has 6 heteroatoms. The number of likely N-dealkylation sites (tertiary alicyclic amines) is 2. The summed E-state index contributed by atoms with van der Waals surface area (Å²) in [6.07, 6.45) is 6.85. The first kappa shape index (κ1) is 20.0. The van der Waals surface area contributed by atoms with E-state index in [1.165, 1.54) is 10.9 Å². The summed E-state index contributed by atoms with van der Waals surface area (Å²) in [7, 11) is 0. The fourth-order valence-electron chi connectivity index (χ4n) is 4.70. The lowest BCUT2D eigenvalue weighted by molar-refractivity contribution is -0.136. The van der Waals surface area contributed by atoms with E-state index >= 15 is 0 Å². The Hall–Kier alpha value is -2.34. The number of benzene rings is 1. The highest BCUT2D eigenvalue weighted by molar-refractivity contribution is 5.84. The van der Waals surface area contributed by atoms with E-state index in [0.717, 1.165) is 63.8 Å². The Morgan fingerprint density at radius 3 is 2.62 bits per heavy atom. The summed E-state index contributed by atoms with van der Waals surface area (Å²) in [6.45, 7) is 6.10. The topological polar surface area (TPSA) is 68.4 Å². The summed E-state index contributed by atoms with van der Waals surface area (Å²) in [4.78, 5) is 32.7. The molecule has 1 atom stereocenters. The number of carbonyl (C=O) groups excluding carboxylic acids is 2. The van der Waals surface area contributed by atoms with Crippen molar-refractivity contribution in [3.05, 3.63) is 36.0 Å². The van der Waals surface area contributed by atoms with E-state index in [1.54, 1.807) is 0 Å². The van der Waals surface area contributed by atoms with Gasteiger partial charge in [0.25, 0.3) is 0 Å². The number of piperidine rings is 1. The minimum atomic E-state index is -0.152. The molecule has 3 heterocycles. The molecule has 2 amide bonds. The third-order valence-corrected chi connectivity index (χ3v) is 6.59. The molecule has 6 nitrogen and oxygen atoms in total. The van der Waals surface area contributed by atoms with E-state index < -0.39 is 0 Å². The van der Waals surface area contributed by atoms with Gasteiger partial charge >= 0.3 is 0 Å². The molecule has 156 valence electrons. The number of hydrogen-bond donors (Lipinski definition) is 2. The van der Waals surface area contributed by atoms with Gasteiger partial charge in [0.05, 0.1) is 6.04 Å². The molecule has 2 saturated heterocycles. The minimum Gasteiger partial charge on any atom is -0.361 e. The van der Waals surface area contributed by atoms with Crippen molar-refractivity contribution in [1.29, 1.82) is 0 Å². The van der Waals surface area contributed by atoms with Crippen molar-refractivity contribution in [2.45, 2.75) is 45.1 Å². The molecule has 2 aliphatic rings. The van der Waals surface area contributed by atoms with E-state index in [-0.39, 0.29) is 17.9 Å². The van der Waals surface area contributed by atoms with Crippen molar-refractivity contribution in [2.24, 2.45) is 5.92 Å². The number of rotatable bonds is 6. The highest BCUT2D eigenvalue weighted by atomic mass is 16.2. The van der Waals surface area contributed by atoms with Crippen LogP contribution in [0.25, 0.3) is 10.9 Å². The molecule has 29 heavy (non-hydrogen) atoms. The van der Waals surface area contributed by atoms with Gasteiger partial charge in [-0.3, -0.25) is 14.5 Å². The molecule has 2 aromatic rings. The van der Waals surface area contributed by atoms with Crippen LogP contribution in [0.2, 0.25) is 0 Å². The van der Waals surface area contributed by atoms with Crippen molar-refractivity contribution in [1.82, 2.24) is 20.1 Å². The van der Waals surface area contributed by atoms with Gasteiger partial charge in [-0.1, -0.05) is 18.2 Å². The molecule has 1 aromatic carbocycles. The van der Waals surface area contributed by atoms with Crippen molar-refractivity contribution in [3.8, 4) is 0 Å². The first-order valence-electron chi connectivity index (χ1n) is 11.0. The molecular weight excluding hydrogens is 364 g/mol. The van der Waals surface area contributed by atoms with E-state index in [0.29, 0.717) is 12.5 Å². The van der Waals surface area contributed by atoms with Gasteiger partial charge in [0.2, 0.25) is 11.8 Å². The van der Waals surface area contributed by atoms with Crippen molar-refractivity contribution in [2.75, 3.05) is 32.7 Å². The summed E-state index contributed by atoms with van der Waals surface area (Å²) >= 11 is 0. The summed E-state index contributed by atoms with van der Waals surface area (Å²) < 4.78 is 0. The van der Waals surface area contributed by atoms with Crippen molar-refractivity contribution < 1.29 is 9.59 Å². The Balaban J connectivity index is 1.22. The molecule has 2 fully saturated rings. The van der Waals surface area contributed by atoms with Crippen LogP contribution in [0.3, 0.4) is 0 Å². The first-order chi connectivity index (χ1) is 14.1. The SMILES string of the molecule is CC(C(=O)NCCc1c[nH]c2ccccc12)N1CCC(C(=O)N2CCCC2)CC1. The second-order valence-corrected chi connectivity index (χ2v) is 8.42.